The van der Waals surface area contributed by atoms with Gasteiger partial charge in [-0.3, -0.25) is 4.98 Å². The molecular formula is C53H34N2O2. The molecule has 2 aromatic heterocycles. The Labute approximate surface area is 329 Å². The predicted octanol–water partition coefficient (Wildman–Crippen LogP) is 13.9. The van der Waals surface area contributed by atoms with Gasteiger partial charge in [-0.25, -0.2) is 0 Å². The van der Waals surface area contributed by atoms with Crippen LogP contribution in [0.1, 0.15) is 11.5 Å². The molecule has 4 nitrogen and oxygen atoms in total. The molecule has 4 heteroatoms. The number of hydrogen-bond acceptors (Lipinski definition) is 4. The summed E-state index contributed by atoms with van der Waals surface area (Å²) in [4.78, 5) is 6.82. The Morgan fingerprint density at radius 1 is 0.526 bits per heavy atom. The molecule has 268 valence electrons. The van der Waals surface area contributed by atoms with Crippen molar-refractivity contribution in [3.05, 3.63) is 206 Å². The smallest absolute Gasteiger partial charge is 0.153 e. The molecule has 10 aromatic rings. The zero-order valence-corrected chi connectivity index (χ0v) is 30.8. The summed E-state index contributed by atoms with van der Waals surface area (Å²) in [5, 5.41) is 9.93. The number of furan rings is 1. The molecule has 1 aliphatic carbocycles. The van der Waals surface area contributed by atoms with E-state index in [2.05, 4.69) is 180 Å². The third kappa shape index (κ3) is 5.04. The standard InChI is InChI=1S/C53H34N2O2/c1-2-11-39-35(10-1)30-47(43-15-4-3-12-40(39)43)33-19-23-36(24-20-33)55(37-25-21-34(22-26-37)50-32-48-49(56-50)18-9-29-54-48)38-27-28-46-51(31-38)57-53-45-17-8-6-14-42(45)41-13-5-7-16-44(41)52(46)53/h1-32,46,51H. The van der Waals surface area contributed by atoms with E-state index in [9.17, 15) is 0 Å². The van der Waals surface area contributed by atoms with E-state index in [-0.39, 0.29) is 12.0 Å². The summed E-state index contributed by atoms with van der Waals surface area (Å²) in [6.07, 6.45) is 8.56. The van der Waals surface area contributed by atoms with Gasteiger partial charge in [-0.15, -0.1) is 0 Å². The van der Waals surface area contributed by atoms with Crippen molar-refractivity contribution in [2.24, 2.45) is 0 Å². The second-order valence-corrected chi connectivity index (χ2v) is 15.0. The minimum atomic E-state index is -0.151. The first kappa shape index (κ1) is 31.9. The van der Waals surface area contributed by atoms with Crippen molar-refractivity contribution >= 4 is 65.6 Å². The maximum absolute atomic E-state index is 6.97. The number of aromatic nitrogens is 1. The number of allylic oxidation sites excluding steroid dienone is 1. The summed E-state index contributed by atoms with van der Waals surface area (Å²) in [7, 11) is 0. The van der Waals surface area contributed by atoms with Gasteiger partial charge >= 0.3 is 0 Å². The van der Waals surface area contributed by atoms with Gasteiger partial charge in [0.2, 0.25) is 0 Å². The predicted molar refractivity (Wildman–Crippen MR) is 234 cm³/mol. The molecule has 0 saturated carbocycles. The summed E-state index contributed by atoms with van der Waals surface area (Å²) < 4.78 is 13.2. The first-order valence-electron chi connectivity index (χ1n) is 19.5. The largest absolute Gasteiger partial charge is 0.484 e. The average molecular weight is 731 g/mol. The van der Waals surface area contributed by atoms with E-state index in [0.717, 1.165) is 50.6 Å². The minimum Gasteiger partial charge on any atom is -0.484 e. The summed E-state index contributed by atoms with van der Waals surface area (Å²) in [6.45, 7) is 0. The third-order valence-corrected chi connectivity index (χ3v) is 11.8. The van der Waals surface area contributed by atoms with E-state index in [1.54, 1.807) is 6.20 Å². The minimum absolute atomic E-state index is 0.104. The van der Waals surface area contributed by atoms with Crippen molar-refractivity contribution in [2.75, 3.05) is 4.90 Å². The highest BCUT2D eigenvalue weighted by Crippen LogP contribution is 2.51. The lowest BCUT2D eigenvalue weighted by Crippen LogP contribution is -2.24. The molecule has 0 fully saturated rings. The second-order valence-electron chi connectivity index (χ2n) is 15.0. The van der Waals surface area contributed by atoms with Crippen molar-refractivity contribution < 1.29 is 9.15 Å². The number of fused-ring (bicyclic) bond motifs is 12. The Hall–Kier alpha value is -7.43. The first-order valence-corrected chi connectivity index (χ1v) is 19.5. The van der Waals surface area contributed by atoms with E-state index >= 15 is 0 Å². The Morgan fingerprint density at radius 2 is 1.14 bits per heavy atom. The van der Waals surface area contributed by atoms with Crippen molar-refractivity contribution in [3.8, 4) is 28.2 Å². The molecule has 12 rings (SSSR count). The van der Waals surface area contributed by atoms with E-state index in [1.165, 1.54) is 54.4 Å². The highest BCUT2D eigenvalue weighted by molar-refractivity contribution is 6.14. The van der Waals surface area contributed by atoms with Crippen LogP contribution in [0, 0.1) is 0 Å². The van der Waals surface area contributed by atoms with Crippen LogP contribution < -0.4 is 9.64 Å². The third-order valence-electron chi connectivity index (χ3n) is 11.8. The van der Waals surface area contributed by atoms with Crippen LogP contribution in [0.25, 0.3) is 76.6 Å². The van der Waals surface area contributed by atoms with Crippen LogP contribution in [0.4, 0.5) is 11.4 Å². The van der Waals surface area contributed by atoms with Crippen LogP contribution in [0.3, 0.4) is 0 Å². The van der Waals surface area contributed by atoms with E-state index in [0.29, 0.717) is 0 Å². The van der Waals surface area contributed by atoms with Crippen LogP contribution in [0.2, 0.25) is 0 Å². The summed E-state index contributed by atoms with van der Waals surface area (Å²) in [5.41, 5.74) is 9.45. The zero-order chi connectivity index (χ0) is 37.5. The Kier molecular flexibility index (Phi) is 7.02. The Bertz CT molecular complexity index is 3250. The number of benzene rings is 8. The lowest BCUT2D eigenvalue weighted by Gasteiger charge is -2.30. The summed E-state index contributed by atoms with van der Waals surface area (Å²) in [6, 6.07) is 60.5. The SMILES string of the molecule is C1=CC2c3c(c4ccccc4c4ccccc34)OC2C=C1N(c1ccc(-c2cc3ncccc3o2)cc1)c1ccc(-c2cc3ccccc3c3ccccc23)cc1. The first-order chi connectivity index (χ1) is 28.2. The molecular weight excluding hydrogens is 697 g/mol. The van der Waals surface area contributed by atoms with Crippen LogP contribution in [-0.2, 0) is 0 Å². The molecule has 0 N–H and O–H groups in total. The molecule has 3 heterocycles. The van der Waals surface area contributed by atoms with Gasteiger partial charge in [0.25, 0.3) is 0 Å². The van der Waals surface area contributed by atoms with Gasteiger partial charge in [0, 0.05) is 51.8 Å². The summed E-state index contributed by atoms with van der Waals surface area (Å²) in [5.74, 6) is 1.89. The van der Waals surface area contributed by atoms with Crippen LogP contribution >= 0.6 is 0 Å². The number of anilines is 2. The van der Waals surface area contributed by atoms with Gasteiger partial charge in [-0.2, -0.15) is 0 Å². The molecule has 2 aliphatic rings. The average Bonchev–Trinajstić information content (AvgIpc) is 3.89. The molecule has 2 atom stereocenters. The summed E-state index contributed by atoms with van der Waals surface area (Å²) >= 11 is 0. The zero-order valence-electron chi connectivity index (χ0n) is 30.8. The van der Waals surface area contributed by atoms with Gasteiger partial charge in [0.1, 0.15) is 23.1 Å². The van der Waals surface area contributed by atoms with Crippen molar-refractivity contribution in [1.82, 2.24) is 4.98 Å². The van der Waals surface area contributed by atoms with Crippen molar-refractivity contribution in [2.45, 2.75) is 12.0 Å². The highest BCUT2D eigenvalue weighted by Gasteiger charge is 2.37. The van der Waals surface area contributed by atoms with E-state index in [1.807, 2.05) is 18.2 Å². The van der Waals surface area contributed by atoms with Crippen LogP contribution in [-0.4, -0.2) is 11.1 Å². The molecule has 2 unspecified atom stereocenters. The molecule has 0 saturated heterocycles. The van der Waals surface area contributed by atoms with Gasteiger partial charge in [-0.05, 0) is 116 Å². The van der Waals surface area contributed by atoms with Crippen molar-refractivity contribution in [1.29, 1.82) is 0 Å². The molecule has 8 aromatic carbocycles. The Balaban J connectivity index is 0.970. The monoisotopic (exact) mass is 730 g/mol. The molecule has 1 aliphatic heterocycles. The normalized spacial score (nSPS) is 15.9. The number of hydrogen-bond donors (Lipinski definition) is 0. The van der Waals surface area contributed by atoms with Gasteiger partial charge in [0.05, 0.1) is 0 Å². The fourth-order valence-corrected chi connectivity index (χ4v) is 9.20. The van der Waals surface area contributed by atoms with Gasteiger partial charge in [0.15, 0.2) is 5.58 Å². The van der Waals surface area contributed by atoms with Crippen LogP contribution in [0.5, 0.6) is 5.75 Å². The molecule has 0 radical (unpaired) electrons. The number of ether oxygens (including phenoxy) is 1. The lowest BCUT2D eigenvalue weighted by atomic mass is 9.85. The maximum Gasteiger partial charge on any atom is 0.153 e. The van der Waals surface area contributed by atoms with Crippen molar-refractivity contribution in [3.63, 3.8) is 0 Å². The number of rotatable bonds is 5. The van der Waals surface area contributed by atoms with Gasteiger partial charge < -0.3 is 14.1 Å². The fraction of sp³-hybridized carbons (Fsp3) is 0.0377. The lowest BCUT2D eigenvalue weighted by molar-refractivity contribution is 0.270. The number of nitrogens with zero attached hydrogens (tertiary/aromatic N) is 2. The highest BCUT2D eigenvalue weighted by atomic mass is 16.5. The molecule has 57 heavy (non-hydrogen) atoms. The second kappa shape index (κ2) is 12.6. The number of pyridine rings is 1. The maximum atomic E-state index is 6.97. The quantitative estimate of drug-likeness (QED) is 0.165. The fourth-order valence-electron chi connectivity index (χ4n) is 9.20. The van der Waals surface area contributed by atoms with Gasteiger partial charge in [-0.1, -0.05) is 115 Å². The van der Waals surface area contributed by atoms with Crippen LogP contribution in [0.15, 0.2) is 204 Å². The molecule has 0 spiro atoms. The van der Waals surface area contributed by atoms with E-state index < -0.39 is 0 Å². The van der Waals surface area contributed by atoms with E-state index in [4.69, 9.17) is 9.15 Å². The molecule has 0 bridgehead atoms. The topological polar surface area (TPSA) is 38.5 Å². The Morgan fingerprint density at radius 3 is 1.88 bits per heavy atom. The molecule has 0 amide bonds.